The standard InChI is InChI=1S/C15H27NO/c1-8-9-16-10-11(14(2,3)4)12(13(16)17)15(5,6)7/h8-10H2,1-7H3. The van der Waals surface area contributed by atoms with Gasteiger partial charge in [-0.05, 0) is 22.8 Å². The van der Waals surface area contributed by atoms with Crippen molar-refractivity contribution in [2.45, 2.75) is 54.9 Å². The van der Waals surface area contributed by atoms with Crippen molar-refractivity contribution >= 4 is 5.91 Å². The predicted octanol–water partition coefficient (Wildman–Crippen LogP) is 3.63. The van der Waals surface area contributed by atoms with Crippen molar-refractivity contribution in [3.8, 4) is 0 Å². The molecule has 0 unspecified atom stereocenters. The van der Waals surface area contributed by atoms with E-state index in [-0.39, 0.29) is 16.7 Å². The first-order valence-electron chi connectivity index (χ1n) is 6.62. The Balaban J connectivity index is 3.18. The van der Waals surface area contributed by atoms with Gasteiger partial charge >= 0.3 is 0 Å². The highest BCUT2D eigenvalue weighted by Crippen LogP contribution is 2.41. The van der Waals surface area contributed by atoms with Crippen molar-refractivity contribution in [1.29, 1.82) is 0 Å². The quantitative estimate of drug-likeness (QED) is 0.718. The van der Waals surface area contributed by atoms with Crippen molar-refractivity contribution in [2.75, 3.05) is 13.1 Å². The van der Waals surface area contributed by atoms with Gasteiger partial charge in [-0.15, -0.1) is 0 Å². The predicted molar refractivity (Wildman–Crippen MR) is 72.8 cm³/mol. The zero-order valence-electron chi connectivity index (χ0n) is 12.5. The Morgan fingerprint density at radius 1 is 1.06 bits per heavy atom. The molecule has 0 fully saturated rings. The highest BCUT2D eigenvalue weighted by Gasteiger charge is 2.40. The maximum atomic E-state index is 12.5. The van der Waals surface area contributed by atoms with E-state index in [1.165, 1.54) is 5.57 Å². The van der Waals surface area contributed by atoms with E-state index in [0.29, 0.717) is 0 Å². The monoisotopic (exact) mass is 237 g/mol. The van der Waals surface area contributed by atoms with E-state index < -0.39 is 0 Å². The molecular formula is C15H27NO. The average molecular weight is 237 g/mol. The molecule has 0 bridgehead atoms. The summed E-state index contributed by atoms with van der Waals surface area (Å²) < 4.78 is 0. The molecule has 2 heteroatoms. The van der Waals surface area contributed by atoms with Crippen molar-refractivity contribution < 1.29 is 4.79 Å². The van der Waals surface area contributed by atoms with Crippen LogP contribution in [0.15, 0.2) is 11.1 Å². The maximum absolute atomic E-state index is 12.5. The van der Waals surface area contributed by atoms with E-state index in [1.54, 1.807) is 0 Å². The minimum atomic E-state index is -0.0534. The van der Waals surface area contributed by atoms with Crippen molar-refractivity contribution in [3.05, 3.63) is 11.1 Å². The second-order valence-electron chi connectivity index (χ2n) is 7.08. The molecule has 2 nitrogen and oxygen atoms in total. The molecule has 1 amide bonds. The molecule has 0 atom stereocenters. The lowest BCUT2D eigenvalue weighted by Gasteiger charge is -2.26. The summed E-state index contributed by atoms with van der Waals surface area (Å²) in [4.78, 5) is 14.5. The second-order valence-corrected chi connectivity index (χ2v) is 7.08. The molecule has 0 saturated carbocycles. The Bertz CT molecular complexity index is 339. The molecule has 0 aromatic rings. The second kappa shape index (κ2) is 4.47. The number of hydrogen-bond donors (Lipinski definition) is 0. The van der Waals surface area contributed by atoms with Gasteiger partial charge < -0.3 is 4.90 Å². The van der Waals surface area contributed by atoms with Crippen LogP contribution in [0.4, 0.5) is 0 Å². The summed E-state index contributed by atoms with van der Waals surface area (Å²) in [5.41, 5.74) is 2.39. The lowest BCUT2D eigenvalue weighted by molar-refractivity contribution is -0.126. The van der Waals surface area contributed by atoms with Crippen molar-refractivity contribution in [2.24, 2.45) is 10.8 Å². The van der Waals surface area contributed by atoms with E-state index >= 15 is 0 Å². The molecule has 0 saturated heterocycles. The lowest BCUT2D eigenvalue weighted by Crippen LogP contribution is -2.30. The third-order valence-electron chi connectivity index (χ3n) is 3.30. The Morgan fingerprint density at radius 3 is 1.88 bits per heavy atom. The van der Waals surface area contributed by atoms with Crippen LogP contribution in [0.1, 0.15) is 54.9 Å². The van der Waals surface area contributed by atoms with Gasteiger partial charge in [0.2, 0.25) is 0 Å². The number of amides is 1. The van der Waals surface area contributed by atoms with Crippen LogP contribution in [-0.4, -0.2) is 23.9 Å². The number of carbonyl (C=O) groups is 1. The van der Waals surface area contributed by atoms with Gasteiger partial charge in [-0.3, -0.25) is 4.79 Å². The van der Waals surface area contributed by atoms with E-state index in [4.69, 9.17) is 0 Å². The lowest BCUT2D eigenvalue weighted by atomic mass is 9.76. The highest BCUT2D eigenvalue weighted by atomic mass is 16.2. The number of hydrogen-bond acceptors (Lipinski definition) is 1. The molecule has 0 spiro atoms. The molecule has 0 N–H and O–H groups in total. The van der Waals surface area contributed by atoms with Gasteiger partial charge in [-0.25, -0.2) is 0 Å². The van der Waals surface area contributed by atoms with Crippen LogP contribution in [-0.2, 0) is 4.79 Å². The van der Waals surface area contributed by atoms with Crippen LogP contribution in [0, 0.1) is 10.8 Å². The van der Waals surface area contributed by atoms with Gasteiger partial charge in [0, 0.05) is 18.7 Å². The van der Waals surface area contributed by atoms with E-state index in [1.807, 2.05) is 4.90 Å². The number of nitrogens with zero attached hydrogens (tertiary/aromatic N) is 1. The summed E-state index contributed by atoms with van der Waals surface area (Å²) >= 11 is 0. The summed E-state index contributed by atoms with van der Waals surface area (Å²) in [5.74, 6) is 0.254. The zero-order valence-corrected chi connectivity index (χ0v) is 12.5. The maximum Gasteiger partial charge on any atom is 0.250 e. The fourth-order valence-corrected chi connectivity index (χ4v) is 2.47. The Labute approximate surface area is 106 Å². The van der Waals surface area contributed by atoms with Gasteiger partial charge in [-0.1, -0.05) is 48.5 Å². The highest BCUT2D eigenvalue weighted by molar-refractivity contribution is 5.98. The molecule has 0 aliphatic carbocycles. The fourth-order valence-electron chi connectivity index (χ4n) is 2.47. The topological polar surface area (TPSA) is 20.3 Å². The first kappa shape index (κ1) is 14.3. The molecule has 98 valence electrons. The van der Waals surface area contributed by atoms with Crippen molar-refractivity contribution in [3.63, 3.8) is 0 Å². The number of carbonyl (C=O) groups excluding carboxylic acids is 1. The van der Waals surface area contributed by atoms with Gasteiger partial charge in [-0.2, -0.15) is 0 Å². The zero-order chi connectivity index (χ0) is 13.4. The van der Waals surface area contributed by atoms with Crippen LogP contribution in [0.25, 0.3) is 0 Å². The average Bonchev–Trinajstić information content (AvgIpc) is 2.43. The molecule has 1 aliphatic heterocycles. The van der Waals surface area contributed by atoms with Gasteiger partial charge in [0.25, 0.3) is 5.91 Å². The van der Waals surface area contributed by atoms with Crippen LogP contribution in [0.3, 0.4) is 0 Å². The summed E-state index contributed by atoms with van der Waals surface area (Å²) in [5, 5.41) is 0. The number of rotatable bonds is 2. The largest absolute Gasteiger partial charge is 0.335 e. The van der Waals surface area contributed by atoms with Crippen LogP contribution >= 0.6 is 0 Å². The summed E-state index contributed by atoms with van der Waals surface area (Å²) in [6.07, 6.45) is 1.03. The Morgan fingerprint density at radius 2 is 1.59 bits per heavy atom. The van der Waals surface area contributed by atoms with Gasteiger partial charge in [0.05, 0.1) is 0 Å². The summed E-state index contributed by atoms with van der Waals surface area (Å²) in [6.45, 7) is 16.9. The normalized spacial score (nSPS) is 18.3. The van der Waals surface area contributed by atoms with Crippen LogP contribution < -0.4 is 0 Å². The van der Waals surface area contributed by atoms with Gasteiger partial charge in [0.15, 0.2) is 0 Å². The van der Waals surface area contributed by atoms with E-state index in [9.17, 15) is 4.79 Å². The molecule has 0 aromatic heterocycles. The molecule has 17 heavy (non-hydrogen) atoms. The van der Waals surface area contributed by atoms with Crippen LogP contribution in [0.2, 0.25) is 0 Å². The molecule has 0 aromatic carbocycles. The molecule has 0 radical (unpaired) electrons. The Hall–Kier alpha value is -0.790. The summed E-state index contributed by atoms with van der Waals surface area (Å²) in [7, 11) is 0. The molecule has 1 aliphatic rings. The molecule has 1 rings (SSSR count). The third-order valence-corrected chi connectivity index (χ3v) is 3.30. The van der Waals surface area contributed by atoms with E-state index in [2.05, 4.69) is 48.5 Å². The SMILES string of the molecule is CCCN1CC(C(C)(C)C)=C(C(C)(C)C)C1=O. The minimum Gasteiger partial charge on any atom is -0.335 e. The molecule has 1 heterocycles. The summed E-state index contributed by atoms with van der Waals surface area (Å²) in [6, 6.07) is 0. The van der Waals surface area contributed by atoms with E-state index in [0.717, 1.165) is 25.1 Å². The first-order chi connectivity index (χ1) is 7.59. The Kier molecular flexibility index (Phi) is 3.75. The third kappa shape index (κ3) is 2.91. The minimum absolute atomic E-state index is 0.0534. The van der Waals surface area contributed by atoms with Crippen molar-refractivity contribution in [1.82, 2.24) is 4.90 Å². The molecular weight excluding hydrogens is 210 g/mol. The first-order valence-corrected chi connectivity index (χ1v) is 6.62. The van der Waals surface area contributed by atoms with Gasteiger partial charge in [0.1, 0.15) is 0 Å². The van der Waals surface area contributed by atoms with Crippen LogP contribution in [0.5, 0.6) is 0 Å². The smallest absolute Gasteiger partial charge is 0.250 e. The fraction of sp³-hybridized carbons (Fsp3) is 0.800.